The first-order valence-corrected chi connectivity index (χ1v) is 16.5. The third kappa shape index (κ3) is 5.69. The van der Waals surface area contributed by atoms with E-state index < -0.39 is 22.6 Å². The smallest absolute Gasteiger partial charge is 0.251 e. The zero-order chi connectivity index (χ0) is 30.6. The van der Waals surface area contributed by atoms with Gasteiger partial charge in [-0.2, -0.15) is 0 Å². The summed E-state index contributed by atoms with van der Waals surface area (Å²) in [5.41, 5.74) is 2.90. The van der Waals surface area contributed by atoms with E-state index in [4.69, 9.17) is 0 Å². The fraction of sp³-hybridized carbons (Fsp3) is 0.618. The Balaban J connectivity index is 1.78. The molecule has 1 spiro atoms. The van der Waals surface area contributed by atoms with Crippen molar-refractivity contribution in [1.29, 1.82) is 0 Å². The second-order valence-corrected chi connectivity index (χ2v) is 13.9. The number of aliphatic hydroxyl groups is 1. The first kappa shape index (κ1) is 32.3. The van der Waals surface area contributed by atoms with Gasteiger partial charge in [0.1, 0.15) is 6.04 Å². The highest BCUT2D eigenvalue weighted by molar-refractivity contribution is 8.02. The molecule has 4 rings (SSSR count). The van der Waals surface area contributed by atoms with Crippen LogP contribution < -0.4 is 4.90 Å². The Kier molecular flexibility index (Phi) is 10.6. The molecule has 42 heavy (non-hydrogen) atoms. The first-order chi connectivity index (χ1) is 20.2. The largest absolute Gasteiger partial charge is 0.396 e. The number of anilines is 1. The van der Waals surface area contributed by atoms with E-state index in [0.29, 0.717) is 26.2 Å². The molecule has 3 amide bonds. The summed E-state index contributed by atoms with van der Waals surface area (Å²) in [6.07, 6.45) is 8.37. The number of carbonyl (C=O) groups excluding carboxylic acids is 3. The number of thioether (sulfide) groups is 1. The Morgan fingerprint density at radius 3 is 2.50 bits per heavy atom. The maximum Gasteiger partial charge on any atom is 0.251 e. The van der Waals surface area contributed by atoms with Crippen LogP contribution in [0.4, 0.5) is 5.69 Å². The Bertz CT molecular complexity index is 1190. The van der Waals surface area contributed by atoms with Gasteiger partial charge < -0.3 is 19.8 Å². The van der Waals surface area contributed by atoms with Crippen molar-refractivity contribution in [3.63, 3.8) is 0 Å². The number of nitrogens with zero attached hydrogens (tertiary/aromatic N) is 3. The molecule has 0 aromatic heterocycles. The van der Waals surface area contributed by atoms with Crippen LogP contribution in [0.5, 0.6) is 0 Å². The molecule has 3 heterocycles. The fourth-order valence-electron chi connectivity index (χ4n) is 7.59. The zero-order valence-electron chi connectivity index (χ0n) is 25.9. The molecular weight excluding hydrogens is 546 g/mol. The van der Waals surface area contributed by atoms with Crippen molar-refractivity contribution in [2.45, 2.75) is 82.3 Å². The van der Waals surface area contributed by atoms with Crippen molar-refractivity contribution in [1.82, 2.24) is 9.80 Å². The zero-order valence-corrected chi connectivity index (χ0v) is 26.7. The number of rotatable bonds is 15. The van der Waals surface area contributed by atoms with Crippen LogP contribution in [0.15, 0.2) is 43.5 Å². The lowest BCUT2D eigenvalue weighted by Gasteiger charge is -2.41. The van der Waals surface area contributed by atoms with Gasteiger partial charge in [-0.05, 0) is 62.6 Å². The lowest BCUT2D eigenvalue weighted by Crippen LogP contribution is -2.57. The van der Waals surface area contributed by atoms with Crippen molar-refractivity contribution in [3.8, 4) is 0 Å². The van der Waals surface area contributed by atoms with E-state index >= 15 is 0 Å². The lowest BCUT2D eigenvalue weighted by atomic mass is 9.65. The molecule has 3 unspecified atom stereocenters. The van der Waals surface area contributed by atoms with Gasteiger partial charge >= 0.3 is 0 Å². The minimum atomic E-state index is -0.659. The van der Waals surface area contributed by atoms with Gasteiger partial charge in [0.15, 0.2) is 0 Å². The van der Waals surface area contributed by atoms with Crippen molar-refractivity contribution in [2.24, 2.45) is 17.8 Å². The number of hydrogen-bond acceptors (Lipinski definition) is 5. The van der Waals surface area contributed by atoms with Gasteiger partial charge in [0.25, 0.3) is 5.91 Å². The highest BCUT2D eigenvalue weighted by Gasteiger charge is 2.76. The summed E-state index contributed by atoms with van der Waals surface area (Å²) in [6, 6.07) is 5.45. The van der Waals surface area contributed by atoms with Gasteiger partial charge in [-0.1, -0.05) is 51.0 Å². The highest BCUT2D eigenvalue weighted by atomic mass is 32.2. The van der Waals surface area contributed by atoms with Gasteiger partial charge in [-0.3, -0.25) is 14.4 Å². The van der Waals surface area contributed by atoms with Crippen LogP contribution in [-0.2, 0) is 14.4 Å². The molecule has 1 N–H and O–H groups in total. The van der Waals surface area contributed by atoms with E-state index in [9.17, 15) is 19.5 Å². The summed E-state index contributed by atoms with van der Waals surface area (Å²) < 4.78 is -0.659. The van der Waals surface area contributed by atoms with Crippen LogP contribution in [0.3, 0.4) is 0 Å². The van der Waals surface area contributed by atoms with Crippen molar-refractivity contribution in [2.75, 3.05) is 37.7 Å². The summed E-state index contributed by atoms with van der Waals surface area (Å²) in [6.45, 7) is 18.1. The maximum absolute atomic E-state index is 14.9. The topological polar surface area (TPSA) is 81.2 Å². The van der Waals surface area contributed by atoms with Crippen LogP contribution in [0.2, 0.25) is 0 Å². The van der Waals surface area contributed by atoms with Gasteiger partial charge in [0, 0.05) is 43.7 Å². The van der Waals surface area contributed by atoms with Crippen LogP contribution in [-0.4, -0.2) is 81.5 Å². The second-order valence-electron chi connectivity index (χ2n) is 12.3. The van der Waals surface area contributed by atoms with E-state index in [1.807, 2.05) is 41.8 Å². The van der Waals surface area contributed by atoms with Crippen molar-refractivity contribution < 1.29 is 19.5 Å². The Hall–Kier alpha value is -2.58. The number of carbonyl (C=O) groups is 3. The van der Waals surface area contributed by atoms with Crippen molar-refractivity contribution >= 4 is 35.2 Å². The summed E-state index contributed by atoms with van der Waals surface area (Å²) in [7, 11) is 0. The van der Waals surface area contributed by atoms with Gasteiger partial charge in [-0.25, -0.2) is 0 Å². The molecule has 1 aromatic rings. The SMILES string of the molecule is C=CCN(CCC)C(=O)[C@@H]1[C@@H]2CC(C)C3(S2)C(C(=O)N(CC=C)c2cc(C)ccc2C)N(CCCCCCO)C(=O)[C@H]13. The maximum atomic E-state index is 14.9. The standard InChI is InChI=1S/C34H49N3O4S/c1-7-16-35(17-8-2)31(39)28-27-22-25(6)34(42-27)29(28)32(40)37(19-12-10-11-13-20-38)30(34)33(41)36(18-9-3)26-21-23(4)14-15-24(26)5/h7,9,14-15,21,25,27-30,38H,1,3,8,10-13,16-20,22H2,2,4-6H3/t25?,27-,28+,29-,30?,34?/m0/s1. The molecule has 1 aromatic carbocycles. The quantitative estimate of drug-likeness (QED) is 0.224. The molecule has 0 saturated carbocycles. The number of hydrogen-bond donors (Lipinski definition) is 1. The molecule has 3 aliphatic rings. The number of aliphatic hydroxyl groups excluding tert-OH is 1. The molecule has 8 heteroatoms. The molecule has 3 fully saturated rings. The average Bonchev–Trinajstić information content (AvgIpc) is 3.55. The number of fused-ring (bicyclic) bond motifs is 1. The number of benzene rings is 1. The Morgan fingerprint density at radius 1 is 1.12 bits per heavy atom. The number of likely N-dealkylation sites (tertiary alicyclic amines) is 1. The van der Waals surface area contributed by atoms with Gasteiger partial charge in [0.05, 0.1) is 16.6 Å². The number of amides is 3. The van der Waals surface area contributed by atoms with E-state index in [0.717, 1.165) is 55.3 Å². The summed E-state index contributed by atoms with van der Waals surface area (Å²) >= 11 is 1.73. The number of unbranched alkanes of at least 4 members (excludes halogenated alkanes) is 3. The van der Waals surface area contributed by atoms with Crippen LogP contribution in [0, 0.1) is 31.6 Å². The van der Waals surface area contributed by atoms with E-state index in [2.05, 4.69) is 27.0 Å². The predicted octanol–water partition coefficient (Wildman–Crippen LogP) is 5.14. The Morgan fingerprint density at radius 2 is 1.83 bits per heavy atom. The Labute approximate surface area is 256 Å². The normalized spacial score (nSPS) is 27.7. The van der Waals surface area contributed by atoms with Crippen LogP contribution >= 0.6 is 11.8 Å². The van der Waals surface area contributed by atoms with Crippen molar-refractivity contribution in [3.05, 3.63) is 54.6 Å². The molecule has 2 bridgehead atoms. The van der Waals surface area contributed by atoms with E-state index in [-0.39, 0.29) is 35.5 Å². The summed E-state index contributed by atoms with van der Waals surface area (Å²) in [4.78, 5) is 49.0. The minimum Gasteiger partial charge on any atom is -0.396 e. The molecule has 6 atom stereocenters. The molecule has 7 nitrogen and oxygen atoms in total. The van der Waals surface area contributed by atoms with E-state index in [1.165, 1.54) is 0 Å². The molecule has 3 aliphatic heterocycles. The summed E-state index contributed by atoms with van der Waals surface area (Å²) in [5.74, 6) is -0.960. The van der Waals surface area contributed by atoms with E-state index in [1.54, 1.807) is 28.8 Å². The summed E-state index contributed by atoms with van der Waals surface area (Å²) in [5, 5.41) is 9.25. The average molecular weight is 596 g/mol. The number of aryl methyl sites for hydroxylation is 2. The molecule has 0 radical (unpaired) electrons. The third-order valence-corrected chi connectivity index (χ3v) is 11.5. The van der Waals surface area contributed by atoms with Crippen LogP contribution in [0.1, 0.15) is 63.5 Å². The lowest BCUT2D eigenvalue weighted by molar-refractivity contribution is -0.144. The predicted molar refractivity (Wildman–Crippen MR) is 171 cm³/mol. The van der Waals surface area contributed by atoms with Gasteiger partial charge in [-0.15, -0.1) is 24.9 Å². The van der Waals surface area contributed by atoms with Crippen LogP contribution in [0.25, 0.3) is 0 Å². The second kappa shape index (κ2) is 13.8. The highest BCUT2D eigenvalue weighted by Crippen LogP contribution is 2.69. The monoisotopic (exact) mass is 595 g/mol. The molecule has 230 valence electrons. The third-order valence-electron chi connectivity index (χ3n) is 9.46. The minimum absolute atomic E-state index is 0.0150. The first-order valence-electron chi connectivity index (χ1n) is 15.7. The van der Waals surface area contributed by atoms with Gasteiger partial charge in [0.2, 0.25) is 11.8 Å². The molecular formula is C34H49N3O4S. The fourth-order valence-corrected chi connectivity index (χ4v) is 10.00. The molecule has 3 saturated heterocycles. The molecule has 0 aliphatic carbocycles.